The zero-order valence-corrected chi connectivity index (χ0v) is 24.8. The third kappa shape index (κ3) is 6.33. The predicted octanol–water partition coefficient (Wildman–Crippen LogP) is 4.10. The number of rotatable bonds is 9. The van der Waals surface area contributed by atoms with Crippen LogP contribution in [0.25, 0.3) is 10.2 Å². The summed E-state index contributed by atoms with van der Waals surface area (Å²) in [5.74, 6) is 0.567. The number of nitrogens with zero attached hydrogens (tertiary/aromatic N) is 4. The van der Waals surface area contributed by atoms with Crippen molar-refractivity contribution in [3.8, 4) is 5.75 Å². The molecule has 1 N–H and O–H groups in total. The van der Waals surface area contributed by atoms with Crippen LogP contribution in [0.3, 0.4) is 0 Å². The molecule has 1 aliphatic rings. The van der Waals surface area contributed by atoms with Crippen LogP contribution in [-0.2, 0) is 10.0 Å². The van der Waals surface area contributed by atoms with Crippen LogP contribution in [0.1, 0.15) is 10.4 Å². The van der Waals surface area contributed by atoms with Crippen molar-refractivity contribution in [1.82, 2.24) is 15.2 Å². The topological polar surface area (TPSA) is 95.1 Å². The minimum absolute atomic E-state index is 0. The molecule has 0 bridgehead atoms. The summed E-state index contributed by atoms with van der Waals surface area (Å²) in [6, 6.07) is 20.9. The van der Waals surface area contributed by atoms with Gasteiger partial charge in [0.25, 0.3) is 15.9 Å². The van der Waals surface area contributed by atoms with E-state index in [0.717, 1.165) is 53.8 Å². The number of piperazine rings is 1. The predicted molar refractivity (Wildman–Crippen MR) is 163 cm³/mol. The lowest BCUT2D eigenvalue weighted by Gasteiger charge is -2.34. The molecule has 0 saturated carbocycles. The van der Waals surface area contributed by atoms with Crippen LogP contribution in [-0.4, -0.2) is 77.6 Å². The summed E-state index contributed by atoms with van der Waals surface area (Å²) in [4.78, 5) is 22.2. The summed E-state index contributed by atoms with van der Waals surface area (Å²) in [5, 5.41) is 3.95. The fourth-order valence-corrected chi connectivity index (χ4v) is 6.75. The highest BCUT2D eigenvalue weighted by molar-refractivity contribution is 7.92. The first-order valence-electron chi connectivity index (χ1n) is 12.7. The van der Waals surface area contributed by atoms with Crippen LogP contribution >= 0.6 is 23.7 Å². The number of anilines is 2. The standard InChI is InChI=1S/C28H31N5O4S2.ClH/c1-31(22-7-4-3-5-8-22)39(35,36)23-13-11-21(12-14-23)27(34)29-15-16-32-17-19-33(20-18-32)28-30-26-24(37-2)9-6-10-25(26)38-28;/h3-14H,15-20H2,1-2H3,(H,29,34);1H. The summed E-state index contributed by atoms with van der Waals surface area (Å²) < 4.78 is 33.7. The summed E-state index contributed by atoms with van der Waals surface area (Å²) in [6.07, 6.45) is 0. The van der Waals surface area contributed by atoms with E-state index < -0.39 is 10.0 Å². The number of carbonyl (C=O) groups is 1. The van der Waals surface area contributed by atoms with E-state index in [1.165, 1.54) is 23.5 Å². The number of thiazole rings is 1. The third-order valence-corrected chi connectivity index (χ3v) is 9.72. The smallest absolute Gasteiger partial charge is 0.264 e. The second-order valence-corrected chi connectivity index (χ2v) is 12.2. The number of amides is 1. The Morgan fingerprint density at radius 1 is 1.00 bits per heavy atom. The van der Waals surface area contributed by atoms with Gasteiger partial charge in [-0.1, -0.05) is 35.6 Å². The first-order valence-corrected chi connectivity index (χ1v) is 15.0. The number of hydrogen-bond donors (Lipinski definition) is 1. The lowest BCUT2D eigenvalue weighted by Crippen LogP contribution is -2.48. The summed E-state index contributed by atoms with van der Waals surface area (Å²) in [6.45, 7) is 4.73. The normalized spacial score (nSPS) is 14.0. The monoisotopic (exact) mass is 601 g/mol. The van der Waals surface area contributed by atoms with Crippen molar-refractivity contribution in [2.45, 2.75) is 4.90 Å². The molecule has 1 aromatic heterocycles. The SMILES string of the molecule is COc1cccc2sc(N3CCN(CCNC(=O)c4ccc(S(=O)(=O)N(C)c5ccccc5)cc4)CC3)nc12.Cl. The molecule has 0 atom stereocenters. The molecule has 1 amide bonds. The van der Waals surface area contributed by atoms with Gasteiger partial charge in [0.2, 0.25) is 0 Å². The molecule has 9 nitrogen and oxygen atoms in total. The van der Waals surface area contributed by atoms with Gasteiger partial charge in [0.15, 0.2) is 5.13 Å². The van der Waals surface area contributed by atoms with Gasteiger partial charge in [0.05, 0.1) is 22.4 Å². The molecule has 4 aromatic rings. The molecule has 12 heteroatoms. The first kappa shape index (κ1) is 29.6. The highest BCUT2D eigenvalue weighted by Crippen LogP contribution is 2.34. The van der Waals surface area contributed by atoms with Crippen LogP contribution in [0.15, 0.2) is 77.7 Å². The van der Waals surface area contributed by atoms with Crippen molar-refractivity contribution in [2.75, 3.05) is 62.6 Å². The van der Waals surface area contributed by atoms with E-state index in [-0.39, 0.29) is 23.2 Å². The van der Waals surface area contributed by atoms with E-state index in [1.54, 1.807) is 54.8 Å². The molecule has 40 heavy (non-hydrogen) atoms. The molecule has 1 saturated heterocycles. The van der Waals surface area contributed by atoms with Crippen LogP contribution in [0.2, 0.25) is 0 Å². The van der Waals surface area contributed by atoms with Gasteiger partial charge >= 0.3 is 0 Å². The Labute approximate surface area is 244 Å². The highest BCUT2D eigenvalue weighted by Gasteiger charge is 2.22. The van der Waals surface area contributed by atoms with Crippen molar-refractivity contribution in [2.24, 2.45) is 0 Å². The molecule has 212 valence electrons. The van der Waals surface area contributed by atoms with Crippen LogP contribution in [0.5, 0.6) is 5.75 Å². The third-order valence-electron chi connectivity index (χ3n) is 6.84. The molecule has 5 rings (SSSR count). The van der Waals surface area contributed by atoms with Gasteiger partial charge in [-0.25, -0.2) is 13.4 Å². The quantitative estimate of drug-likeness (QED) is 0.309. The lowest BCUT2D eigenvalue weighted by atomic mass is 10.2. The molecule has 1 aliphatic heterocycles. The Morgan fingerprint density at radius 2 is 1.70 bits per heavy atom. The van der Waals surface area contributed by atoms with E-state index in [2.05, 4.69) is 21.2 Å². The van der Waals surface area contributed by atoms with Crippen molar-refractivity contribution >= 4 is 60.7 Å². The summed E-state index contributed by atoms with van der Waals surface area (Å²) in [7, 11) is -0.542. The Bertz CT molecular complexity index is 1540. The maximum Gasteiger partial charge on any atom is 0.264 e. The van der Waals surface area contributed by atoms with E-state index in [1.807, 2.05) is 18.2 Å². The number of nitrogens with one attached hydrogen (secondary N) is 1. The van der Waals surface area contributed by atoms with E-state index >= 15 is 0 Å². The number of sulfonamides is 1. The zero-order chi connectivity index (χ0) is 27.4. The number of fused-ring (bicyclic) bond motifs is 1. The molecule has 0 aliphatic carbocycles. The van der Waals surface area contributed by atoms with E-state index in [9.17, 15) is 13.2 Å². The Hall–Kier alpha value is -3.38. The molecule has 0 radical (unpaired) electrons. The van der Waals surface area contributed by atoms with Gasteiger partial charge in [-0.05, 0) is 48.5 Å². The number of halogens is 1. The number of hydrogen-bond acceptors (Lipinski definition) is 8. The van der Waals surface area contributed by atoms with Gasteiger partial charge in [-0.3, -0.25) is 14.0 Å². The molecule has 0 unspecified atom stereocenters. The number of benzene rings is 3. The minimum atomic E-state index is -3.72. The van der Waals surface area contributed by atoms with Crippen molar-refractivity contribution in [3.05, 3.63) is 78.4 Å². The maximum absolute atomic E-state index is 13.0. The fourth-order valence-electron chi connectivity index (χ4n) is 4.52. The molecule has 3 aromatic carbocycles. The van der Waals surface area contributed by atoms with Crippen LogP contribution in [0, 0.1) is 0 Å². The minimum Gasteiger partial charge on any atom is -0.494 e. The van der Waals surface area contributed by atoms with Crippen molar-refractivity contribution < 1.29 is 17.9 Å². The Kier molecular flexibility index (Phi) is 9.52. The molecule has 0 spiro atoms. The lowest BCUT2D eigenvalue weighted by molar-refractivity contribution is 0.0947. The van der Waals surface area contributed by atoms with Gasteiger partial charge < -0.3 is 15.0 Å². The van der Waals surface area contributed by atoms with Gasteiger partial charge in [0.1, 0.15) is 11.3 Å². The largest absolute Gasteiger partial charge is 0.494 e. The van der Waals surface area contributed by atoms with Crippen LogP contribution in [0.4, 0.5) is 10.8 Å². The fraction of sp³-hybridized carbons (Fsp3) is 0.286. The molecular formula is C28H32ClN5O4S2. The van der Waals surface area contributed by atoms with Gasteiger partial charge in [-0.2, -0.15) is 0 Å². The molecular weight excluding hydrogens is 570 g/mol. The van der Waals surface area contributed by atoms with Crippen molar-refractivity contribution in [1.29, 1.82) is 0 Å². The summed E-state index contributed by atoms with van der Waals surface area (Å²) >= 11 is 1.68. The van der Waals surface area contributed by atoms with Crippen LogP contribution < -0.4 is 19.3 Å². The second-order valence-electron chi connectivity index (χ2n) is 9.22. The average molecular weight is 602 g/mol. The van der Waals surface area contributed by atoms with Crippen molar-refractivity contribution in [3.63, 3.8) is 0 Å². The number of aromatic nitrogens is 1. The number of carbonyl (C=O) groups excluding carboxylic acids is 1. The number of ether oxygens (including phenoxy) is 1. The first-order chi connectivity index (χ1) is 18.9. The number of methoxy groups -OCH3 is 1. The average Bonchev–Trinajstić information content (AvgIpc) is 3.42. The highest BCUT2D eigenvalue weighted by atomic mass is 35.5. The van der Waals surface area contributed by atoms with Gasteiger partial charge in [-0.15, -0.1) is 12.4 Å². The number of para-hydroxylation sites is 2. The van der Waals surface area contributed by atoms with Gasteiger partial charge in [0, 0.05) is 51.9 Å². The summed E-state index contributed by atoms with van der Waals surface area (Å²) in [5.41, 5.74) is 1.90. The van der Waals surface area contributed by atoms with E-state index in [0.29, 0.717) is 17.8 Å². The Morgan fingerprint density at radius 3 is 2.38 bits per heavy atom. The maximum atomic E-state index is 13.0. The molecule has 1 fully saturated rings. The van der Waals surface area contributed by atoms with E-state index in [4.69, 9.17) is 9.72 Å². The Balaban J connectivity index is 0.00000370. The molecule has 2 heterocycles. The second kappa shape index (κ2) is 12.9. The zero-order valence-electron chi connectivity index (χ0n) is 22.3.